The molecule has 6 nitrogen and oxygen atoms in total. The van der Waals surface area contributed by atoms with E-state index in [0.29, 0.717) is 26.2 Å². The van der Waals surface area contributed by atoms with Crippen LogP contribution < -0.4 is 5.32 Å². The number of halogens is 1. The van der Waals surface area contributed by atoms with Crippen molar-refractivity contribution >= 4 is 33.2 Å². The zero-order valence-electron chi connectivity index (χ0n) is 15.0. The Morgan fingerprint density at radius 3 is 2.22 bits per heavy atom. The van der Waals surface area contributed by atoms with Gasteiger partial charge in [0.05, 0.1) is 11.1 Å². The summed E-state index contributed by atoms with van der Waals surface area (Å²) >= 11 is 6.06. The Balaban J connectivity index is 1.61. The summed E-state index contributed by atoms with van der Waals surface area (Å²) in [6, 6.07) is 15.4. The molecule has 27 heavy (non-hydrogen) atoms. The second-order valence-electron chi connectivity index (χ2n) is 6.40. The molecular weight excluding hydrogens is 386 g/mol. The molecule has 0 spiro atoms. The molecule has 1 amide bonds. The smallest absolute Gasteiger partial charge is 0.244 e. The van der Waals surface area contributed by atoms with E-state index in [9.17, 15) is 13.2 Å². The third-order valence-corrected chi connectivity index (χ3v) is 7.09. The maximum Gasteiger partial charge on any atom is 0.244 e. The first-order valence-electron chi connectivity index (χ1n) is 8.74. The number of nitrogens with one attached hydrogen (secondary N) is 1. The van der Waals surface area contributed by atoms with Crippen LogP contribution in [-0.4, -0.2) is 55.8 Å². The lowest BCUT2D eigenvalue weighted by molar-refractivity contribution is -0.121. The highest BCUT2D eigenvalue weighted by Crippen LogP contribution is 2.25. The number of hydrogen-bond donors (Lipinski definition) is 1. The molecule has 1 saturated heterocycles. The lowest BCUT2D eigenvalue weighted by atomic mass is 10.2. The van der Waals surface area contributed by atoms with Crippen LogP contribution in [-0.2, 0) is 14.8 Å². The largest absolute Gasteiger partial charge is 0.325 e. The molecule has 144 valence electrons. The number of sulfonamides is 1. The molecule has 2 aromatic rings. The zero-order chi connectivity index (χ0) is 19.4. The van der Waals surface area contributed by atoms with Crippen LogP contribution in [0.15, 0.2) is 59.5 Å². The molecule has 0 saturated carbocycles. The third kappa shape index (κ3) is 4.50. The summed E-state index contributed by atoms with van der Waals surface area (Å²) < 4.78 is 27.0. The van der Waals surface area contributed by atoms with Crippen LogP contribution in [0.1, 0.15) is 6.92 Å². The molecule has 1 fully saturated rings. The molecule has 1 atom stereocenters. The predicted octanol–water partition coefficient (Wildman–Crippen LogP) is 2.67. The molecule has 1 N–H and O–H groups in total. The van der Waals surface area contributed by atoms with Crippen molar-refractivity contribution in [2.45, 2.75) is 17.9 Å². The molecule has 2 aromatic carbocycles. The first kappa shape index (κ1) is 19.8. The Bertz CT molecular complexity index is 897. The van der Waals surface area contributed by atoms with Crippen molar-refractivity contribution in [3.05, 3.63) is 59.6 Å². The summed E-state index contributed by atoms with van der Waals surface area (Å²) in [4.78, 5) is 14.6. The standard InChI is InChI=1S/C19H22ClN3O3S/c1-15(19(24)21-16-7-3-2-4-8-16)22-11-13-23(14-12-22)27(25,26)18-10-6-5-9-17(18)20/h2-10,15H,11-14H2,1H3,(H,21,24)/t15-/m1/s1. The molecule has 0 unspecified atom stereocenters. The number of rotatable bonds is 5. The first-order chi connectivity index (χ1) is 12.9. The fourth-order valence-electron chi connectivity index (χ4n) is 3.06. The highest BCUT2D eigenvalue weighted by molar-refractivity contribution is 7.89. The molecule has 3 rings (SSSR count). The maximum absolute atomic E-state index is 12.8. The predicted molar refractivity (Wildman–Crippen MR) is 106 cm³/mol. The van der Waals surface area contributed by atoms with E-state index in [1.807, 2.05) is 42.2 Å². The first-order valence-corrected chi connectivity index (χ1v) is 10.6. The molecule has 0 bridgehead atoms. The van der Waals surface area contributed by atoms with E-state index < -0.39 is 10.0 Å². The fourth-order valence-corrected chi connectivity index (χ4v) is 4.97. The van der Waals surface area contributed by atoms with E-state index in [4.69, 9.17) is 11.6 Å². The Kier molecular flexibility index (Phi) is 6.16. The molecular formula is C19H22ClN3O3S. The summed E-state index contributed by atoms with van der Waals surface area (Å²) in [7, 11) is -3.64. The van der Waals surface area contributed by atoms with E-state index in [2.05, 4.69) is 5.32 Å². The molecule has 1 aliphatic heterocycles. The van der Waals surface area contributed by atoms with Crippen molar-refractivity contribution in [3.8, 4) is 0 Å². The minimum atomic E-state index is -3.64. The lowest BCUT2D eigenvalue weighted by Gasteiger charge is -2.36. The van der Waals surface area contributed by atoms with Crippen molar-refractivity contribution in [2.24, 2.45) is 0 Å². The van der Waals surface area contributed by atoms with Crippen LogP contribution in [0.2, 0.25) is 5.02 Å². The second-order valence-corrected chi connectivity index (χ2v) is 8.72. The van der Waals surface area contributed by atoms with E-state index in [1.165, 1.54) is 10.4 Å². The highest BCUT2D eigenvalue weighted by atomic mass is 35.5. The third-order valence-electron chi connectivity index (χ3n) is 4.70. The molecule has 0 aliphatic carbocycles. The minimum Gasteiger partial charge on any atom is -0.325 e. The molecule has 1 aliphatic rings. The SMILES string of the molecule is C[C@H](C(=O)Nc1ccccc1)N1CCN(S(=O)(=O)c2ccccc2Cl)CC1. The van der Waals surface area contributed by atoms with E-state index in [-0.39, 0.29) is 21.9 Å². The van der Waals surface area contributed by atoms with Gasteiger partial charge in [-0.1, -0.05) is 41.9 Å². The zero-order valence-corrected chi connectivity index (χ0v) is 16.6. The lowest BCUT2D eigenvalue weighted by Crippen LogP contribution is -2.53. The normalized spacial score (nSPS) is 17.4. The number of benzene rings is 2. The van der Waals surface area contributed by atoms with Gasteiger partial charge in [0.1, 0.15) is 4.90 Å². The van der Waals surface area contributed by atoms with Gasteiger partial charge in [0.15, 0.2) is 0 Å². The van der Waals surface area contributed by atoms with Gasteiger partial charge >= 0.3 is 0 Å². The number of nitrogens with zero attached hydrogens (tertiary/aromatic N) is 2. The van der Waals surface area contributed by atoms with Gasteiger partial charge in [-0.2, -0.15) is 4.31 Å². The van der Waals surface area contributed by atoms with Gasteiger partial charge in [-0.3, -0.25) is 9.69 Å². The van der Waals surface area contributed by atoms with Crippen LogP contribution in [0.4, 0.5) is 5.69 Å². The van der Waals surface area contributed by atoms with Crippen molar-refractivity contribution in [3.63, 3.8) is 0 Å². The van der Waals surface area contributed by atoms with Gasteiger partial charge in [-0.25, -0.2) is 8.42 Å². The number of carbonyl (C=O) groups excluding carboxylic acids is 1. The van der Waals surface area contributed by atoms with Gasteiger partial charge in [0.25, 0.3) is 0 Å². The topological polar surface area (TPSA) is 69.7 Å². The van der Waals surface area contributed by atoms with Crippen LogP contribution in [0.5, 0.6) is 0 Å². The Morgan fingerprint density at radius 2 is 1.59 bits per heavy atom. The average molecular weight is 408 g/mol. The van der Waals surface area contributed by atoms with Gasteiger partial charge in [-0.05, 0) is 31.2 Å². The summed E-state index contributed by atoms with van der Waals surface area (Å²) in [5.41, 5.74) is 0.745. The maximum atomic E-state index is 12.8. The Morgan fingerprint density at radius 1 is 1.00 bits per heavy atom. The Labute approximate surface area is 164 Å². The van der Waals surface area contributed by atoms with Crippen molar-refractivity contribution < 1.29 is 13.2 Å². The number of para-hydroxylation sites is 1. The van der Waals surface area contributed by atoms with Gasteiger partial charge in [0.2, 0.25) is 15.9 Å². The number of hydrogen-bond acceptors (Lipinski definition) is 4. The van der Waals surface area contributed by atoms with Crippen LogP contribution in [0.25, 0.3) is 0 Å². The number of amides is 1. The van der Waals surface area contributed by atoms with E-state index in [1.54, 1.807) is 18.2 Å². The average Bonchev–Trinajstić information content (AvgIpc) is 2.68. The van der Waals surface area contributed by atoms with Crippen molar-refractivity contribution in [1.82, 2.24) is 9.21 Å². The number of carbonyl (C=O) groups is 1. The summed E-state index contributed by atoms with van der Waals surface area (Å²) in [6.07, 6.45) is 0. The number of anilines is 1. The van der Waals surface area contributed by atoms with Crippen LogP contribution in [0.3, 0.4) is 0 Å². The summed E-state index contributed by atoms with van der Waals surface area (Å²) in [6.45, 7) is 3.42. The van der Waals surface area contributed by atoms with Gasteiger partial charge in [-0.15, -0.1) is 0 Å². The number of piperazine rings is 1. The summed E-state index contributed by atoms with van der Waals surface area (Å²) in [5.74, 6) is -0.108. The van der Waals surface area contributed by atoms with Crippen LogP contribution >= 0.6 is 11.6 Å². The van der Waals surface area contributed by atoms with Gasteiger partial charge < -0.3 is 5.32 Å². The minimum absolute atomic E-state index is 0.108. The van der Waals surface area contributed by atoms with Crippen molar-refractivity contribution in [2.75, 3.05) is 31.5 Å². The van der Waals surface area contributed by atoms with Crippen molar-refractivity contribution in [1.29, 1.82) is 0 Å². The quantitative estimate of drug-likeness (QED) is 0.827. The Hall–Kier alpha value is -1.93. The molecule has 0 aromatic heterocycles. The monoisotopic (exact) mass is 407 g/mol. The fraction of sp³-hybridized carbons (Fsp3) is 0.316. The van der Waals surface area contributed by atoms with Gasteiger partial charge in [0, 0.05) is 31.9 Å². The molecule has 8 heteroatoms. The highest BCUT2D eigenvalue weighted by Gasteiger charge is 2.32. The second kappa shape index (κ2) is 8.39. The molecule has 1 heterocycles. The van der Waals surface area contributed by atoms with E-state index >= 15 is 0 Å². The summed E-state index contributed by atoms with van der Waals surface area (Å²) in [5, 5.41) is 3.10. The van der Waals surface area contributed by atoms with Crippen LogP contribution in [0, 0.1) is 0 Å². The van der Waals surface area contributed by atoms with E-state index in [0.717, 1.165) is 5.69 Å². The molecule has 0 radical (unpaired) electrons.